The molecule has 1 N–H and O–H groups in total. The summed E-state index contributed by atoms with van der Waals surface area (Å²) in [6, 6.07) is 12.9. The number of aromatic nitrogens is 3. The van der Waals surface area contributed by atoms with Crippen molar-refractivity contribution in [2.24, 2.45) is 0 Å². The highest BCUT2D eigenvalue weighted by Crippen LogP contribution is 2.42. The summed E-state index contributed by atoms with van der Waals surface area (Å²) in [6.45, 7) is 12.4. The van der Waals surface area contributed by atoms with E-state index in [0.717, 1.165) is 34.2 Å². The molecule has 0 atom stereocenters. The van der Waals surface area contributed by atoms with Crippen LogP contribution in [0.1, 0.15) is 63.8 Å². The molecule has 0 aliphatic carbocycles. The minimum Gasteiger partial charge on any atom is -0.507 e. The molecule has 0 amide bonds. The van der Waals surface area contributed by atoms with Crippen molar-refractivity contribution in [1.82, 2.24) is 14.8 Å². The predicted octanol–water partition coefficient (Wildman–Crippen LogP) is 7.47. The first-order valence-electron chi connectivity index (χ1n) is 11.5. The van der Waals surface area contributed by atoms with E-state index in [4.69, 9.17) is 5.10 Å². The molecule has 0 spiro atoms. The number of hydrogen-bond acceptors (Lipinski definition) is 3. The number of phenols is 1. The number of rotatable bonds is 3. The minimum atomic E-state index is -4.41. The molecule has 4 nitrogen and oxygen atoms in total. The zero-order valence-corrected chi connectivity index (χ0v) is 20.8. The lowest BCUT2D eigenvalue weighted by Crippen LogP contribution is -2.17. The second-order valence-corrected chi connectivity index (χ2v) is 11.0. The minimum absolute atomic E-state index is 0.147. The van der Waals surface area contributed by atoms with Gasteiger partial charge in [-0.25, -0.2) is 9.67 Å². The molecule has 2 aromatic heterocycles. The van der Waals surface area contributed by atoms with Gasteiger partial charge in [0.05, 0.1) is 12.1 Å². The van der Waals surface area contributed by atoms with Crippen LogP contribution >= 0.6 is 0 Å². The molecule has 4 rings (SSSR count). The molecule has 0 fully saturated rings. The van der Waals surface area contributed by atoms with Gasteiger partial charge in [0.2, 0.25) is 0 Å². The maximum Gasteiger partial charge on any atom is 0.416 e. The van der Waals surface area contributed by atoms with Crippen molar-refractivity contribution in [1.29, 1.82) is 0 Å². The SMILES string of the molecule is CC(C)(C)c1cc(-c2nn(Cc3cccc(C(F)(F)F)c3)c3ncccc23)cc(C(C)(C)C)c1O. The fourth-order valence-corrected chi connectivity index (χ4v) is 4.27. The number of fused-ring (bicyclic) bond motifs is 1. The number of aromatic hydroxyl groups is 1. The summed E-state index contributed by atoms with van der Waals surface area (Å²) in [5.74, 6) is 0.277. The van der Waals surface area contributed by atoms with E-state index in [1.54, 1.807) is 16.9 Å². The Kier molecular flexibility index (Phi) is 5.94. The molecule has 0 radical (unpaired) electrons. The summed E-state index contributed by atoms with van der Waals surface area (Å²) in [4.78, 5) is 4.48. The molecule has 0 aliphatic rings. The van der Waals surface area contributed by atoms with Crippen molar-refractivity contribution < 1.29 is 18.3 Å². The zero-order valence-electron chi connectivity index (χ0n) is 20.8. The Hall–Kier alpha value is -3.35. The third kappa shape index (κ3) is 4.90. The summed E-state index contributed by atoms with van der Waals surface area (Å²) in [5.41, 5.74) is 2.88. The van der Waals surface area contributed by atoms with Crippen LogP contribution in [0.15, 0.2) is 54.7 Å². The number of pyridine rings is 1. The summed E-state index contributed by atoms with van der Waals surface area (Å²) in [6.07, 6.45) is -2.77. The quantitative estimate of drug-likeness (QED) is 0.330. The van der Waals surface area contributed by atoms with Gasteiger partial charge in [0.25, 0.3) is 0 Å². The Labute approximate surface area is 203 Å². The lowest BCUT2D eigenvalue weighted by atomic mass is 9.78. The largest absolute Gasteiger partial charge is 0.507 e. The highest BCUT2D eigenvalue weighted by molar-refractivity contribution is 5.91. The number of hydrogen-bond donors (Lipinski definition) is 1. The van der Waals surface area contributed by atoms with Crippen molar-refractivity contribution in [3.05, 3.63) is 77.0 Å². The number of phenolic OH excluding ortho intramolecular Hbond substituents is 1. The van der Waals surface area contributed by atoms with Crippen LogP contribution in [-0.2, 0) is 23.6 Å². The predicted molar refractivity (Wildman–Crippen MR) is 133 cm³/mol. The molecule has 2 aromatic carbocycles. The van der Waals surface area contributed by atoms with Crippen LogP contribution in [0.25, 0.3) is 22.3 Å². The monoisotopic (exact) mass is 481 g/mol. The van der Waals surface area contributed by atoms with Gasteiger partial charge in [0.15, 0.2) is 5.65 Å². The Morgan fingerprint density at radius 1 is 0.857 bits per heavy atom. The van der Waals surface area contributed by atoms with Crippen molar-refractivity contribution in [2.75, 3.05) is 0 Å². The highest BCUT2D eigenvalue weighted by Gasteiger charge is 2.31. The molecule has 4 aromatic rings. The van der Waals surface area contributed by atoms with Gasteiger partial charge < -0.3 is 5.11 Å². The molecule has 0 unspecified atom stereocenters. The van der Waals surface area contributed by atoms with Crippen molar-refractivity contribution in [2.45, 2.75) is 65.1 Å². The van der Waals surface area contributed by atoms with Gasteiger partial charge in [0.1, 0.15) is 11.4 Å². The summed E-state index contributed by atoms with van der Waals surface area (Å²) in [7, 11) is 0. The molecule has 0 aliphatic heterocycles. The Balaban J connectivity index is 1.90. The number of halogens is 3. The lowest BCUT2D eigenvalue weighted by Gasteiger charge is -2.28. The number of benzene rings is 2. The molecule has 2 heterocycles. The molecule has 7 heteroatoms. The molecule has 35 heavy (non-hydrogen) atoms. The maximum atomic E-state index is 13.2. The first-order chi connectivity index (χ1) is 16.2. The number of alkyl halides is 3. The molecular weight excluding hydrogens is 451 g/mol. The van der Waals surface area contributed by atoms with Crippen LogP contribution in [0.4, 0.5) is 13.2 Å². The number of nitrogens with zero attached hydrogens (tertiary/aromatic N) is 3. The van der Waals surface area contributed by atoms with Crippen LogP contribution in [0.5, 0.6) is 5.75 Å². The summed E-state index contributed by atoms with van der Waals surface area (Å²) in [5, 5.41) is 16.7. The Morgan fingerprint density at radius 2 is 1.49 bits per heavy atom. The standard InChI is InChI=1S/C28H30F3N3O/c1-26(2,3)21-14-18(15-22(24(21)35)27(4,5)6)23-20-11-8-12-32-25(20)34(33-23)16-17-9-7-10-19(13-17)28(29,30)31/h7-15,35H,16H2,1-6H3. The topological polar surface area (TPSA) is 50.9 Å². The van der Waals surface area contributed by atoms with E-state index in [0.29, 0.717) is 16.9 Å². The Morgan fingerprint density at radius 3 is 2.06 bits per heavy atom. The van der Waals surface area contributed by atoms with E-state index in [2.05, 4.69) is 4.98 Å². The van der Waals surface area contributed by atoms with Crippen molar-refractivity contribution in [3.63, 3.8) is 0 Å². The fraction of sp³-hybridized carbons (Fsp3) is 0.357. The van der Waals surface area contributed by atoms with Crippen molar-refractivity contribution >= 4 is 11.0 Å². The lowest BCUT2D eigenvalue weighted by molar-refractivity contribution is -0.137. The van der Waals surface area contributed by atoms with Gasteiger partial charge in [-0.15, -0.1) is 0 Å². The van der Waals surface area contributed by atoms with Crippen LogP contribution in [0.2, 0.25) is 0 Å². The average molecular weight is 482 g/mol. The van der Waals surface area contributed by atoms with Crippen molar-refractivity contribution in [3.8, 4) is 17.0 Å². The van der Waals surface area contributed by atoms with Gasteiger partial charge in [-0.3, -0.25) is 0 Å². The van der Waals surface area contributed by atoms with E-state index >= 15 is 0 Å². The molecule has 0 saturated heterocycles. The van der Waals surface area contributed by atoms with E-state index in [1.165, 1.54) is 6.07 Å². The molecular formula is C28H30F3N3O. The second kappa shape index (κ2) is 8.40. The third-order valence-corrected chi connectivity index (χ3v) is 6.09. The first kappa shape index (κ1) is 24.8. The van der Waals surface area contributed by atoms with Gasteiger partial charge in [0, 0.05) is 28.3 Å². The van der Waals surface area contributed by atoms with Crippen LogP contribution in [0, 0.1) is 0 Å². The van der Waals surface area contributed by atoms with E-state index in [-0.39, 0.29) is 23.1 Å². The van der Waals surface area contributed by atoms with Gasteiger partial charge in [-0.2, -0.15) is 18.3 Å². The molecule has 0 bridgehead atoms. The van der Waals surface area contributed by atoms with Gasteiger partial charge in [-0.05, 0) is 52.8 Å². The fourth-order valence-electron chi connectivity index (χ4n) is 4.27. The van der Waals surface area contributed by atoms with Crippen LogP contribution < -0.4 is 0 Å². The van der Waals surface area contributed by atoms with E-state index in [9.17, 15) is 18.3 Å². The Bertz CT molecular complexity index is 1350. The highest BCUT2D eigenvalue weighted by atomic mass is 19.4. The molecule has 184 valence electrons. The normalized spacial score (nSPS) is 12.9. The first-order valence-corrected chi connectivity index (χ1v) is 11.5. The second-order valence-electron chi connectivity index (χ2n) is 11.0. The third-order valence-electron chi connectivity index (χ3n) is 6.09. The zero-order chi connectivity index (χ0) is 25.8. The van der Waals surface area contributed by atoms with E-state index < -0.39 is 11.7 Å². The van der Waals surface area contributed by atoms with Crippen LogP contribution in [0.3, 0.4) is 0 Å². The van der Waals surface area contributed by atoms with E-state index in [1.807, 2.05) is 65.8 Å². The van der Waals surface area contributed by atoms with Gasteiger partial charge in [-0.1, -0.05) is 53.7 Å². The summed E-state index contributed by atoms with van der Waals surface area (Å²) < 4.78 is 41.3. The maximum absolute atomic E-state index is 13.2. The average Bonchev–Trinajstić information content (AvgIpc) is 3.10. The molecule has 0 saturated carbocycles. The smallest absolute Gasteiger partial charge is 0.416 e. The van der Waals surface area contributed by atoms with Gasteiger partial charge >= 0.3 is 6.18 Å². The van der Waals surface area contributed by atoms with Crippen LogP contribution in [-0.4, -0.2) is 19.9 Å². The summed E-state index contributed by atoms with van der Waals surface area (Å²) >= 11 is 0.